The fraction of sp³-hybridized carbons (Fsp3) is 0.550. The summed E-state index contributed by atoms with van der Waals surface area (Å²) in [5, 5.41) is 10.9. The molecule has 2 aliphatic heterocycles. The molecule has 5 atom stereocenters. The van der Waals surface area contributed by atoms with E-state index in [9.17, 15) is 9.90 Å². The van der Waals surface area contributed by atoms with Crippen LogP contribution in [0, 0.1) is 5.92 Å². The van der Waals surface area contributed by atoms with Gasteiger partial charge in [0.15, 0.2) is 11.5 Å². The van der Waals surface area contributed by atoms with E-state index in [2.05, 4.69) is 18.0 Å². The molecule has 0 saturated carbocycles. The lowest BCUT2D eigenvalue weighted by Crippen LogP contribution is -2.70. The Balaban J connectivity index is 1.90. The van der Waals surface area contributed by atoms with Crippen LogP contribution in [0.4, 0.5) is 0 Å². The summed E-state index contributed by atoms with van der Waals surface area (Å²) >= 11 is 0. The minimum absolute atomic E-state index is 0.264. The molecule has 2 heterocycles. The highest BCUT2D eigenvalue weighted by atomic mass is 16.5. The van der Waals surface area contributed by atoms with Crippen LogP contribution < -0.4 is 9.47 Å². The normalized spacial score (nSPS) is 40.4. The Bertz CT molecular complexity index is 818. The second-order valence-corrected chi connectivity index (χ2v) is 8.01. The maximum absolute atomic E-state index is 11.8. The average molecular weight is 341 g/mol. The van der Waals surface area contributed by atoms with Crippen LogP contribution in [0.1, 0.15) is 34.8 Å². The Hall–Kier alpha value is -1.85. The van der Waals surface area contributed by atoms with Crippen LogP contribution >= 0.6 is 0 Å². The van der Waals surface area contributed by atoms with Crippen molar-refractivity contribution in [3.63, 3.8) is 0 Å². The molecule has 1 fully saturated rings. The van der Waals surface area contributed by atoms with Crippen molar-refractivity contribution < 1.29 is 19.4 Å². The number of aliphatic hydroxyl groups is 1. The van der Waals surface area contributed by atoms with E-state index >= 15 is 0 Å². The molecule has 4 aliphatic rings. The number of methoxy groups -OCH3 is 1. The van der Waals surface area contributed by atoms with Crippen molar-refractivity contribution in [2.24, 2.45) is 5.92 Å². The summed E-state index contributed by atoms with van der Waals surface area (Å²) < 4.78 is 12.0. The number of rotatable bonds is 2. The molecule has 5 heteroatoms. The molecule has 0 radical (unpaired) electrons. The van der Waals surface area contributed by atoms with Crippen LogP contribution in [0.3, 0.4) is 0 Å². The summed E-state index contributed by atoms with van der Waals surface area (Å²) in [6.45, 7) is 2.97. The third-order valence-electron chi connectivity index (χ3n) is 7.27. The van der Waals surface area contributed by atoms with Crippen LogP contribution in [0.2, 0.25) is 0 Å². The quantitative estimate of drug-likeness (QED) is 0.655. The van der Waals surface area contributed by atoms with Gasteiger partial charge in [-0.25, -0.2) is 0 Å². The lowest BCUT2D eigenvalue weighted by molar-refractivity contribution is -0.110. The van der Waals surface area contributed by atoms with E-state index in [0.29, 0.717) is 17.4 Å². The Morgan fingerprint density at radius 2 is 2.24 bits per heavy atom. The van der Waals surface area contributed by atoms with E-state index in [0.717, 1.165) is 42.5 Å². The zero-order valence-electron chi connectivity index (χ0n) is 14.8. The summed E-state index contributed by atoms with van der Waals surface area (Å²) in [6.07, 6.45) is 6.02. The molecule has 132 valence electrons. The molecule has 5 rings (SSSR count). The second-order valence-electron chi connectivity index (χ2n) is 8.01. The van der Waals surface area contributed by atoms with Gasteiger partial charge in [-0.15, -0.1) is 0 Å². The largest absolute Gasteiger partial charge is 0.493 e. The molecule has 1 N–H and O–H groups in total. The van der Waals surface area contributed by atoms with E-state index in [1.54, 1.807) is 13.2 Å². The van der Waals surface area contributed by atoms with Crippen LogP contribution in [0.5, 0.6) is 11.5 Å². The highest BCUT2D eigenvalue weighted by molar-refractivity contribution is 5.83. The molecule has 0 aromatic heterocycles. The average Bonchev–Trinajstić information content (AvgIpc) is 2.89. The lowest BCUT2D eigenvalue weighted by Gasteiger charge is -2.60. The van der Waals surface area contributed by atoms with E-state index in [1.807, 2.05) is 13.0 Å². The third kappa shape index (κ3) is 1.51. The number of carbonyl (C=O) groups excluding carboxylic acids is 1. The SMILES string of the molecule is COc1cc(C=O)c2c3c1O[C@@]1(C)[C@@H](O)C=C[C@H]4[C@@H](C2)N(C)CC[C@@]341. The fourth-order valence-corrected chi connectivity index (χ4v) is 5.98. The number of carbonyl (C=O) groups is 1. The van der Waals surface area contributed by atoms with Crippen LogP contribution in [-0.2, 0) is 11.8 Å². The van der Waals surface area contributed by atoms with Crippen molar-refractivity contribution >= 4 is 6.29 Å². The van der Waals surface area contributed by atoms with Crippen LogP contribution in [-0.4, -0.2) is 54.7 Å². The summed E-state index contributed by atoms with van der Waals surface area (Å²) in [5.41, 5.74) is 1.82. The molecule has 1 saturated heterocycles. The van der Waals surface area contributed by atoms with Crippen molar-refractivity contribution in [2.45, 2.75) is 42.9 Å². The molecule has 2 aliphatic carbocycles. The number of nitrogens with zero attached hydrogens (tertiary/aromatic N) is 1. The van der Waals surface area contributed by atoms with Gasteiger partial charge in [0.05, 0.1) is 12.5 Å². The van der Waals surface area contributed by atoms with Crippen molar-refractivity contribution in [3.05, 3.63) is 34.9 Å². The minimum Gasteiger partial charge on any atom is -0.493 e. The van der Waals surface area contributed by atoms with Gasteiger partial charge < -0.3 is 19.5 Å². The number of benzene rings is 1. The Kier molecular flexibility index (Phi) is 2.87. The number of likely N-dealkylation sites (N-methyl/N-ethyl adjacent to an activating group) is 1. The van der Waals surface area contributed by atoms with E-state index in [-0.39, 0.29) is 11.3 Å². The molecular formula is C20H23NO4. The van der Waals surface area contributed by atoms with Gasteiger partial charge in [0.2, 0.25) is 0 Å². The van der Waals surface area contributed by atoms with Crippen molar-refractivity contribution in [3.8, 4) is 11.5 Å². The molecule has 1 aromatic carbocycles. The molecule has 1 spiro atoms. The first-order chi connectivity index (χ1) is 12.0. The van der Waals surface area contributed by atoms with Gasteiger partial charge in [-0.3, -0.25) is 4.79 Å². The topological polar surface area (TPSA) is 59.0 Å². The number of aliphatic hydroxyl groups excluding tert-OH is 1. The maximum Gasteiger partial charge on any atom is 0.166 e. The Morgan fingerprint density at radius 3 is 2.96 bits per heavy atom. The van der Waals surface area contributed by atoms with Gasteiger partial charge in [-0.2, -0.15) is 0 Å². The highest BCUT2D eigenvalue weighted by Gasteiger charge is 2.70. The van der Waals surface area contributed by atoms with Crippen LogP contribution in [0.25, 0.3) is 0 Å². The first-order valence-electron chi connectivity index (χ1n) is 8.93. The number of piperidine rings is 1. The first kappa shape index (κ1) is 15.4. The van der Waals surface area contributed by atoms with Gasteiger partial charge in [-0.1, -0.05) is 12.2 Å². The van der Waals surface area contributed by atoms with Crippen molar-refractivity contribution in [2.75, 3.05) is 20.7 Å². The van der Waals surface area contributed by atoms with Gasteiger partial charge >= 0.3 is 0 Å². The second kappa shape index (κ2) is 4.65. The van der Waals surface area contributed by atoms with E-state index in [4.69, 9.17) is 9.47 Å². The number of ether oxygens (including phenoxy) is 2. The van der Waals surface area contributed by atoms with Crippen LogP contribution in [0.15, 0.2) is 18.2 Å². The smallest absolute Gasteiger partial charge is 0.166 e. The molecule has 2 bridgehead atoms. The minimum atomic E-state index is -0.738. The summed E-state index contributed by atoms with van der Waals surface area (Å²) in [5.74, 6) is 1.58. The number of likely N-dealkylation sites (tertiary alicyclic amines) is 1. The molecule has 25 heavy (non-hydrogen) atoms. The monoisotopic (exact) mass is 341 g/mol. The molecular weight excluding hydrogens is 318 g/mol. The standard InChI is InChI=1S/C20H23NO4/c1-19-16(23)5-4-13-14-9-12-11(10-22)8-15(24-3)18(25-19)17(12)20(13,19)6-7-21(14)2/h4-5,8,10,13-14,16,23H,6-7,9H2,1-3H3/t13-,14+,16-,19-,20-/m0/s1. The highest BCUT2D eigenvalue weighted by Crippen LogP contribution is 2.66. The molecule has 1 aromatic rings. The maximum atomic E-state index is 11.8. The van der Waals surface area contributed by atoms with Gasteiger partial charge in [0.1, 0.15) is 18.0 Å². The number of hydrogen-bond acceptors (Lipinski definition) is 5. The third-order valence-corrected chi connectivity index (χ3v) is 7.27. The summed E-state index contributed by atoms with van der Waals surface area (Å²) in [6, 6.07) is 2.10. The lowest BCUT2D eigenvalue weighted by atomic mass is 9.49. The molecule has 5 nitrogen and oxygen atoms in total. The van der Waals surface area contributed by atoms with E-state index < -0.39 is 11.7 Å². The fourth-order valence-electron chi connectivity index (χ4n) is 5.98. The Labute approximate surface area is 147 Å². The summed E-state index contributed by atoms with van der Waals surface area (Å²) in [7, 11) is 3.75. The predicted molar refractivity (Wildman–Crippen MR) is 92.5 cm³/mol. The molecule has 0 amide bonds. The van der Waals surface area contributed by atoms with Gasteiger partial charge in [0, 0.05) is 23.1 Å². The Morgan fingerprint density at radius 1 is 1.44 bits per heavy atom. The van der Waals surface area contributed by atoms with Crippen molar-refractivity contribution in [1.82, 2.24) is 4.90 Å². The van der Waals surface area contributed by atoms with Gasteiger partial charge in [0.25, 0.3) is 0 Å². The predicted octanol–water partition coefficient (Wildman–Crippen LogP) is 1.70. The van der Waals surface area contributed by atoms with Crippen molar-refractivity contribution in [1.29, 1.82) is 0 Å². The van der Waals surface area contributed by atoms with E-state index in [1.165, 1.54) is 0 Å². The number of hydrogen-bond donors (Lipinski definition) is 1. The zero-order valence-corrected chi connectivity index (χ0v) is 14.8. The number of aldehydes is 1. The molecule has 0 unspecified atom stereocenters. The zero-order chi connectivity index (χ0) is 17.6. The first-order valence-corrected chi connectivity index (χ1v) is 8.93. The summed E-state index contributed by atoms with van der Waals surface area (Å²) in [4.78, 5) is 14.2. The van der Waals surface area contributed by atoms with Gasteiger partial charge in [-0.05, 0) is 45.0 Å².